The molecule has 7 heteroatoms. The number of carbonyl (C=O) groups is 1. The van der Waals surface area contributed by atoms with Crippen molar-refractivity contribution < 1.29 is 14.3 Å². The van der Waals surface area contributed by atoms with Gasteiger partial charge in [0, 0.05) is 12.1 Å². The van der Waals surface area contributed by atoms with Crippen molar-refractivity contribution in [1.29, 1.82) is 0 Å². The number of carbonyl (C=O) groups excluding carboxylic acids is 1. The minimum atomic E-state index is -0.444. The van der Waals surface area contributed by atoms with E-state index in [1.807, 2.05) is 51.1 Å². The van der Waals surface area contributed by atoms with E-state index in [2.05, 4.69) is 22.5 Å². The lowest BCUT2D eigenvalue weighted by atomic mass is 10.1. The van der Waals surface area contributed by atoms with E-state index in [0.717, 1.165) is 29.2 Å². The van der Waals surface area contributed by atoms with Crippen LogP contribution in [-0.4, -0.2) is 31.6 Å². The predicted octanol–water partition coefficient (Wildman–Crippen LogP) is 3.40. The normalized spacial score (nSPS) is 12.2. The summed E-state index contributed by atoms with van der Waals surface area (Å²) in [7, 11) is 0. The van der Waals surface area contributed by atoms with Crippen LogP contribution in [0, 0.1) is 0 Å². The Morgan fingerprint density at radius 1 is 1.07 bits per heavy atom. The first kappa shape index (κ1) is 23.1. The molecule has 4 N–H and O–H groups in total. The van der Waals surface area contributed by atoms with Crippen molar-refractivity contribution >= 4 is 11.9 Å². The van der Waals surface area contributed by atoms with Crippen LogP contribution in [-0.2, 0) is 6.54 Å². The lowest BCUT2D eigenvalue weighted by molar-refractivity contribution is 0.1000. The molecule has 0 radical (unpaired) electrons. The van der Waals surface area contributed by atoms with Crippen molar-refractivity contribution in [1.82, 2.24) is 10.6 Å². The monoisotopic (exact) mass is 412 g/mol. The quantitative estimate of drug-likeness (QED) is 0.410. The van der Waals surface area contributed by atoms with Crippen LogP contribution < -0.4 is 25.8 Å². The highest BCUT2D eigenvalue weighted by atomic mass is 16.5. The maximum atomic E-state index is 11.4. The van der Waals surface area contributed by atoms with Gasteiger partial charge in [0.05, 0.1) is 25.8 Å². The standard InChI is InChI=1S/C23H32N4O3/c1-5-25-23(26-15-17-9-8-10-19(13-17)22(24)28)27-16(4)18-11-12-20(29-6-2)21(14-18)30-7-3/h8-14,16H,5-7,15H2,1-4H3,(H2,24,28)(H2,25,26,27). The van der Waals surface area contributed by atoms with Crippen molar-refractivity contribution in [3.05, 3.63) is 59.2 Å². The predicted molar refractivity (Wildman–Crippen MR) is 120 cm³/mol. The van der Waals surface area contributed by atoms with Crippen molar-refractivity contribution in [2.75, 3.05) is 19.8 Å². The molecule has 0 saturated carbocycles. The Balaban J connectivity index is 2.15. The first-order valence-corrected chi connectivity index (χ1v) is 10.3. The third-order valence-corrected chi connectivity index (χ3v) is 4.40. The van der Waals surface area contributed by atoms with E-state index in [1.165, 1.54) is 0 Å². The van der Waals surface area contributed by atoms with Gasteiger partial charge in [-0.25, -0.2) is 4.99 Å². The summed E-state index contributed by atoms with van der Waals surface area (Å²) in [5, 5.41) is 6.67. The van der Waals surface area contributed by atoms with Crippen molar-refractivity contribution in [2.45, 2.75) is 40.3 Å². The summed E-state index contributed by atoms with van der Waals surface area (Å²) >= 11 is 0. The molecule has 30 heavy (non-hydrogen) atoms. The number of nitrogens with zero attached hydrogens (tertiary/aromatic N) is 1. The maximum absolute atomic E-state index is 11.4. The lowest BCUT2D eigenvalue weighted by Gasteiger charge is -2.20. The molecule has 0 heterocycles. The Labute approximate surface area is 178 Å². The molecule has 0 aliphatic heterocycles. The first-order chi connectivity index (χ1) is 14.5. The van der Waals surface area contributed by atoms with Crippen LogP contribution in [0.25, 0.3) is 0 Å². The summed E-state index contributed by atoms with van der Waals surface area (Å²) in [5.74, 6) is 1.71. The molecule has 0 saturated heterocycles. The fraction of sp³-hybridized carbons (Fsp3) is 0.391. The topological polar surface area (TPSA) is 98.0 Å². The van der Waals surface area contributed by atoms with Gasteiger partial charge in [0.1, 0.15) is 0 Å². The molecule has 0 aliphatic carbocycles. The second-order valence-electron chi connectivity index (χ2n) is 6.70. The van der Waals surface area contributed by atoms with Gasteiger partial charge in [-0.05, 0) is 63.1 Å². The third kappa shape index (κ3) is 6.69. The molecule has 7 nitrogen and oxygen atoms in total. The number of ether oxygens (including phenoxy) is 2. The molecular weight excluding hydrogens is 380 g/mol. The van der Waals surface area contributed by atoms with E-state index in [0.29, 0.717) is 31.3 Å². The van der Waals surface area contributed by atoms with Gasteiger partial charge in [0.25, 0.3) is 0 Å². The second kappa shape index (κ2) is 11.7. The van der Waals surface area contributed by atoms with E-state index in [-0.39, 0.29) is 6.04 Å². The van der Waals surface area contributed by atoms with Gasteiger partial charge in [0.15, 0.2) is 17.5 Å². The molecule has 2 aromatic carbocycles. The highest BCUT2D eigenvalue weighted by Crippen LogP contribution is 2.30. The Morgan fingerprint density at radius 3 is 2.47 bits per heavy atom. The van der Waals surface area contributed by atoms with E-state index in [9.17, 15) is 4.79 Å². The lowest BCUT2D eigenvalue weighted by Crippen LogP contribution is -2.38. The van der Waals surface area contributed by atoms with E-state index in [1.54, 1.807) is 12.1 Å². The number of hydrogen-bond donors (Lipinski definition) is 3. The van der Waals surface area contributed by atoms with Gasteiger partial charge in [-0.15, -0.1) is 0 Å². The molecule has 1 atom stereocenters. The van der Waals surface area contributed by atoms with Crippen LogP contribution in [0.4, 0.5) is 0 Å². The van der Waals surface area contributed by atoms with Gasteiger partial charge in [-0.1, -0.05) is 18.2 Å². The summed E-state index contributed by atoms with van der Waals surface area (Å²) in [4.78, 5) is 16.0. The van der Waals surface area contributed by atoms with Crippen LogP contribution >= 0.6 is 0 Å². The van der Waals surface area contributed by atoms with Gasteiger partial charge < -0.3 is 25.8 Å². The number of rotatable bonds is 10. The molecule has 0 spiro atoms. The first-order valence-electron chi connectivity index (χ1n) is 10.3. The largest absolute Gasteiger partial charge is 0.490 e. The molecule has 2 aromatic rings. The third-order valence-electron chi connectivity index (χ3n) is 4.40. The molecule has 0 aliphatic rings. The Kier molecular flexibility index (Phi) is 9.00. The highest BCUT2D eigenvalue weighted by Gasteiger charge is 2.12. The number of primary amides is 1. The average Bonchev–Trinajstić information content (AvgIpc) is 2.74. The van der Waals surface area contributed by atoms with Crippen molar-refractivity contribution in [3.8, 4) is 11.5 Å². The zero-order chi connectivity index (χ0) is 21.9. The number of amides is 1. The molecular formula is C23H32N4O3. The maximum Gasteiger partial charge on any atom is 0.248 e. The summed E-state index contributed by atoms with van der Waals surface area (Å²) in [6.07, 6.45) is 0. The Bertz CT molecular complexity index is 867. The smallest absolute Gasteiger partial charge is 0.248 e. The molecule has 1 amide bonds. The van der Waals surface area contributed by atoms with Gasteiger partial charge >= 0.3 is 0 Å². The summed E-state index contributed by atoms with van der Waals surface area (Å²) in [6.45, 7) is 10.3. The fourth-order valence-electron chi connectivity index (χ4n) is 2.94. The van der Waals surface area contributed by atoms with Crippen LogP contribution in [0.5, 0.6) is 11.5 Å². The number of aliphatic imine (C=N–C) groups is 1. The summed E-state index contributed by atoms with van der Waals surface area (Å²) in [6, 6.07) is 13.1. The fourth-order valence-corrected chi connectivity index (χ4v) is 2.94. The van der Waals surface area contributed by atoms with Gasteiger partial charge in [-0.2, -0.15) is 0 Å². The summed E-state index contributed by atoms with van der Waals surface area (Å²) < 4.78 is 11.4. The molecule has 0 bridgehead atoms. The van der Waals surface area contributed by atoms with Gasteiger partial charge in [-0.3, -0.25) is 4.79 Å². The van der Waals surface area contributed by atoms with Gasteiger partial charge in [0.2, 0.25) is 5.91 Å². The van der Waals surface area contributed by atoms with E-state index in [4.69, 9.17) is 15.2 Å². The SMILES string of the molecule is CCNC(=NCc1cccc(C(N)=O)c1)NC(C)c1ccc(OCC)c(OCC)c1. The number of nitrogens with two attached hydrogens (primary N) is 1. The molecule has 2 rings (SSSR count). The zero-order valence-corrected chi connectivity index (χ0v) is 18.2. The minimum absolute atomic E-state index is 0.00497. The van der Waals surface area contributed by atoms with Crippen LogP contribution in [0.3, 0.4) is 0 Å². The van der Waals surface area contributed by atoms with E-state index >= 15 is 0 Å². The van der Waals surface area contributed by atoms with Crippen LogP contribution in [0.2, 0.25) is 0 Å². The number of guanidine groups is 1. The highest BCUT2D eigenvalue weighted by molar-refractivity contribution is 5.92. The van der Waals surface area contributed by atoms with Crippen molar-refractivity contribution in [2.24, 2.45) is 10.7 Å². The molecule has 162 valence electrons. The molecule has 1 unspecified atom stereocenters. The van der Waals surface area contributed by atoms with Crippen molar-refractivity contribution in [3.63, 3.8) is 0 Å². The Hall–Kier alpha value is -3.22. The van der Waals surface area contributed by atoms with Crippen LogP contribution in [0.15, 0.2) is 47.5 Å². The number of nitrogens with one attached hydrogen (secondary N) is 2. The summed E-state index contributed by atoms with van der Waals surface area (Å²) in [5.41, 5.74) is 7.81. The second-order valence-corrected chi connectivity index (χ2v) is 6.70. The number of benzene rings is 2. The molecule has 0 aromatic heterocycles. The Morgan fingerprint density at radius 2 is 1.80 bits per heavy atom. The number of hydrogen-bond acceptors (Lipinski definition) is 4. The zero-order valence-electron chi connectivity index (χ0n) is 18.2. The van der Waals surface area contributed by atoms with Crippen LogP contribution in [0.1, 0.15) is 55.2 Å². The average molecular weight is 413 g/mol. The van der Waals surface area contributed by atoms with E-state index < -0.39 is 5.91 Å². The minimum Gasteiger partial charge on any atom is -0.490 e. The molecule has 0 fully saturated rings.